The standard InChI is InChI=1S/C24H22O3/c1-16-23(17-9-5-4-6-10-17)19-11-7-8-12-20(19)27-24(16)18-13-14-21(25-2)22(15-18)26-3/h4-15,23H,1-3H3/t23-/m1/s1. The van der Waals surface area contributed by atoms with Crippen LogP contribution in [0.4, 0.5) is 0 Å². The fourth-order valence-electron chi connectivity index (χ4n) is 3.71. The van der Waals surface area contributed by atoms with Gasteiger partial charge in [-0.05, 0) is 42.3 Å². The van der Waals surface area contributed by atoms with Gasteiger partial charge in [-0.2, -0.15) is 0 Å². The van der Waals surface area contributed by atoms with Crippen LogP contribution in [-0.4, -0.2) is 14.2 Å². The highest BCUT2D eigenvalue weighted by Crippen LogP contribution is 2.46. The average Bonchev–Trinajstić information content (AvgIpc) is 2.73. The second-order valence-electron chi connectivity index (χ2n) is 6.57. The molecule has 0 spiro atoms. The first-order chi connectivity index (χ1) is 13.2. The van der Waals surface area contributed by atoms with Crippen LogP contribution in [0.2, 0.25) is 0 Å². The molecule has 0 aliphatic carbocycles. The van der Waals surface area contributed by atoms with Crippen molar-refractivity contribution < 1.29 is 14.2 Å². The molecule has 0 bridgehead atoms. The Morgan fingerprint density at radius 3 is 2.22 bits per heavy atom. The van der Waals surface area contributed by atoms with E-state index in [0.717, 1.165) is 17.1 Å². The van der Waals surface area contributed by atoms with E-state index >= 15 is 0 Å². The van der Waals surface area contributed by atoms with Gasteiger partial charge in [0.15, 0.2) is 11.5 Å². The number of hydrogen-bond acceptors (Lipinski definition) is 3. The zero-order chi connectivity index (χ0) is 18.8. The van der Waals surface area contributed by atoms with Gasteiger partial charge in [-0.3, -0.25) is 0 Å². The first-order valence-corrected chi connectivity index (χ1v) is 8.98. The Morgan fingerprint density at radius 2 is 1.48 bits per heavy atom. The number of ether oxygens (including phenoxy) is 3. The van der Waals surface area contributed by atoms with Crippen molar-refractivity contribution >= 4 is 5.76 Å². The largest absolute Gasteiger partial charge is 0.493 e. The first kappa shape index (κ1) is 17.2. The molecule has 1 aliphatic rings. The molecule has 1 aliphatic heterocycles. The van der Waals surface area contributed by atoms with E-state index in [1.807, 2.05) is 36.4 Å². The molecule has 0 N–H and O–H groups in total. The van der Waals surface area contributed by atoms with Gasteiger partial charge in [-0.15, -0.1) is 0 Å². The van der Waals surface area contributed by atoms with Gasteiger partial charge < -0.3 is 14.2 Å². The van der Waals surface area contributed by atoms with Crippen molar-refractivity contribution in [3.05, 3.63) is 95.1 Å². The monoisotopic (exact) mass is 358 g/mol. The Hall–Kier alpha value is -3.20. The molecule has 3 aromatic rings. The Kier molecular flexibility index (Phi) is 4.59. The summed E-state index contributed by atoms with van der Waals surface area (Å²) in [4.78, 5) is 0. The minimum atomic E-state index is 0.152. The second kappa shape index (κ2) is 7.20. The Labute approximate surface area is 159 Å². The lowest BCUT2D eigenvalue weighted by Crippen LogP contribution is -2.15. The van der Waals surface area contributed by atoms with Gasteiger partial charge in [0.25, 0.3) is 0 Å². The minimum Gasteiger partial charge on any atom is -0.493 e. The van der Waals surface area contributed by atoms with Crippen LogP contribution in [0.25, 0.3) is 5.76 Å². The van der Waals surface area contributed by atoms with E-state index in [1.165, 1.54) is 16.7 Å². The summed E-state index contributed by atoms with van der Waals surface area (Å²) >= 11 is 0. The summed E-state index contributed by atoms with van der Waals surface area (Å²) in [6, 6.07) is 24.7. The van der Waals surface area contributed by atoms with E-state index < -0.39 is 0 Å². The van der Waals surface area contributed by atoms with Gasteiger partial charge in [0, 0.05) is 17.0 Å². The number of allylic oxidation sites excluding steroid dienone is 1. The molecule has 3 nitrogen and oxygen atoms in total. The number of rotatable bonds is 4. The molecule has 4 rings (SSSR count). The lowest BCUT2D eigenvalue weighted by Gasteiger charge is -2.30. The van der Waals surface area contributed by atoms with Crippen LogP contribution in [0.1, 0.15) is 29.5 Å². The molecule has 1 heterocycles. The maximum atomic E-state index is 6.34. The molecular formula is C24H22O3. The number of para-hydroxylation sites is 1. The van der Waals surface area contributed by atoms with E-state index in [9.17, 15) is 0 Å². The molecule has 1 atom stereocenters. The molecule has 0 saturated carbocycles. The first-order valence-electron chi connectivity index (χ1n) is 8.98. The molecule has 0 amide bonds. The lowest BCUT2D eigenvalue weighted by atomic mass is 9.82. The third kappa shape index (κ3) is 3.06. The molecule has 0 saturated heterocycles. The molecule has 136 valence electrons. The predicted molar refractivity (Wildman–Crippen MR) is 107 cm³/mol. The summed E-state index contributed by atoms with van der Waals surface area (Å²) in [5, 5.41) is 0. The van der Waals surface area contributed by atoms with E-state index in [4.69, 9.17) is 14.2 Å². The number of fused-ring (bicyclic) bond motifs is 1. The summed E-state index contributed by atoms with van der Waals surface area (Å²) in [5.41, 5.74) is 4.59. The van der Waals surface area contributed by atoms with Crippen LogP contribution in [0.15, 0.2) is 78.4 Å². The van der Waals surface area contributed by atoms with Crippen molar-refractivity contribution in [2.24, 2.45) is 0 Å². The molecule has 3 heteroatoms. The molecular weight excluding hydrogens is 336 g/mol. The van der Waals surface area contributed by atoms with Crippen LogP contribution in [-0.2, 0) is 0 Å². The average molecular weight is 358 g/mol. The zero-order valence-electron chi connectivity index (χ0n) is 15.7. The van der Waals surface area contributed by atoms with Gasteiger partial charge in [-0.1, -0.05) is 48.5 Å². The fourth-order valence-corrected chi connectivity index (χ4v) is 3.71. The number of methoxy groups -OCH3 is 2. The molecule has 0 aromatic heterocycles. The van der Waals surface area contributed by atoms with Crippen LogP contribution in [0.5, 0.6) is 17.2 Å². The van der Waals surface area contributed by atoms with Crippen molar-refractivity contribution in [2.45, 2.75) is 12.8 Å². The van der Waals surface area contributed by atoms with Gasteiger partial charge in [-0.25, -0.2) is 0 Å². The Bertz CT molecular complexity index is 990. The van der Waals surface area contributed by atoms with Crippen molar-refractivity contribution in [3.63, 3.8) is 0 Å². The van der Waals surface area contributed by atoms with Crippen LogP contribution in [0, 0.1) is 0 Å². The number of hydrogen-bond donors (Lipinski definition) is 0. The van der Waals surface area contributed by atoms with E-state index in [1.54, 1.807) is 14.2 Å². The van der Waals surface area contributed by atoms with E-state index in [0.29, 0.717) is 11.5 Å². The van der Waals surface area contributed by atoms with Gasteiger partial charge in [0.2, 0.25) is 0 Å². The second-order valence-corrected chi connectivity index (χ2v) is 6.57. The summed E-state index contributed by atoms with van der Waals surface area (Å²) < 4.78 is 17.2. The molecule has 0 fully saturated rings. The van der Waals surface area contributed by atoms with Crippen molar-refractivity contribution in [1.29, 1.82) is 0 Å². The van der Waals surface area contributed by atoms with Crippen LogP contribution < -0.4 is 14.2 Å². The number of benzene rings is 3. The van der Waals surface area contributed by atoms with Crippen molar-refractivity contribution in [1.82, 2.24) is 0 Å². The Morgan fingerprint density at radius 1 is 0.778 bits per heavy atom. The Balaban J connectivity index is 1.88. The predicted octanol–water partition coefficient (Wildman–Crippen LogP) is 5.66. The zero-order valence-corrected chi connectivity index (χ0v) is 15.7. The molecule has 0 unspecified atom stereocenters. The lowest BCUT2D eigenvalue weighted by molar-refractivity contribution is 0.354. The van der Waals surface area contributed by atoms with Crippen molar-refractivity contribution in [2.75, 3.05) is 14.2 Å². The SMILES string of the molecule is COc1ccc(C2=C(C)[C@H](c3ccccc3)c3ccccc3O2)cc1OC. The summed E-state index contributed by atoms with van der Waals surface area (Å²) in [5.74, 6) is 3.30. The van der Waals surface area contributed by atoms with Gasteiger partial charge >= 0.3 is 0 Å². The molecule has 27 heavy (non-hydrogen) atoms. The van der Waals surface area contributed by atoms with Gasteiger partial charge in [0.05, 0.1) is 14.2 Å². The summed E-state index contributed by atoms with van der Waals surface area (Å²) in [6.07, 6.45) is 0. The highest BCUT2D eigenvalue weighted by Gasteiger charge is 2.29. The fraction of sp³-hybridized carbons (Fsp3) is 0.167. The van der Waals surface area contributed by atoms with E-state index in [-0.39, 0.29) is 5.92 Å². The summed E-state index contributed by atoms with van der Waals surface area (Å²) in [6.45, 7) is 2.14. The molecule has 3 aromatic carbocycles. The van der Waals surface area contributed by atoms with Crippen LogP contribution >= 0.6 is 0 Å². The third-order valence-electron chi connectivity index (χ3n) is 5.01. The third-order valence-corrected chi connectivity index (χ3v) is 5.01. The van der Waals surface area contributed by atoms with Crippen molar-refractivity contribution in [3.8, 4) is 17.2 Å². The minimum absolute atomic E-state index is 0.152. The van der Waals surface area contributed by atoms with Gasteiger partial charge in [0.1, 0.15) is 11.5 Å². The maximum absolute atomic E-state index is 6.34. The normalized spacial score (nSPS) is 15.7. The molecule has 0 radical (unpaired) electrons. The summed E-state index contributed by atoms with van der Waals surface area (Å²) in [7, 11) is 3.29. The topological polar surface area (TPSA) is 27.7 Å². The maximum Gasteiger partial charge on any atom is 0.161 e. The smallest absolute Gasteiger partial charge is 0.161 e. The quantitative estimate of drug-likeness (QED) is 0.602. The van der Waals surface area contributed by atoms with Crippen LogP contribution in [0.3, 0.4) is 0 Å². The highest BCUT2D eigenvalue weighted by atomic mass is 16.5. The highest BCUT2D eigenvalue weighted by molar-refractivity contribution is 5.73. The van der Waals surface area contributed by atoms with E-state index in [2.05, 4.69) is 43.3 Å².